The number of hydrogen-bond acceptors (Lipinski definition) is 2. The van der Waals surface area contributed by atoms with Crippen molar-refractivity contribution in [3.8, 4) is 0 Å². The van der Waals surface area contributed by atoms with Crippen LogP contribution in [0, 0.1) is 0 Å². The Bertz CT molecular complexity index is 703. The van der Waals surface area contributed by atoms with Gasteiger partial charge in [-0.05, 0) is 30.4 Å². The Morgan fingerprint density at radius 1 is 1.08 bits per heavy atom. The van der Waals surface area contributed by atoms with E-state index in [0.717, 1.165) is 11.1 Å². The van der Waals surface area contributed by atoms with Crippen LogP contribution in [-0.2, 0) is 10.4 Å². The molecule has 0 aromatic heterocycles. The largest absolute Gasteiger partial charge is 0.385 e. The van der Waals surface area contributed by atoms with Crippen LogP contribution in [0.4, 0.5) is 0 Å². The molecule has 1 aliphatic rings. The van der Waals surface area contributed by atoms with Gasteiger partial charge in [-0.3, -0.25) is 4.79 Å². The van der Waals surface area contributed by atoms with Gasteiger partial charge >= 0.3 is 0 Å². The Morgan fingerprint density at radius 2 is 1.64 bits per heavy atom. The molecule has 0 saturated carbocycles. The van der Waals surface area contributed by atoms with E-state index in [-0.39, 0.29) is 11.8 Å². The van der Waals surface area contributed by atoms with Gasteiger partial charge in [0.15, 0.2) is 0 Å². The van der Waals surface area contributed by atoms with Crippen molar-refractivity contribution in [2.75, 3.05) is 13.1 Å². The summed E-state index contributed by atoms with van der Waals surface area (Å²) >= 11 is 0. The van der Waals surface area contributed by atoms with E-state index in [2.05, 4.69) is 6.58 Å². The van der Waals surface area contributed by atoms with Crippen LogP contribution in [0.15, 0.2) is 73.3 Å². The van der Waals surface area contributed by atoms with Gasteiger partial charge in [0.2, 0.25) is 5.91 Å². The zero-order chi connectivity index (χ0) is 17.7. The van der Waals surface area contributed by atoms with Crippen molar-refractivity contribution in [3.05, 3.63) is 84.4 Å². The lowest BCUT2D eigenvalue weighted by molar-refractivity contribution is -0.137. The van der Waals surface area contributed by atoms with Crippen molar-refractivity contribution < 1.29 is 9.90 Å². The fraction of sp³-hybridized carbons (Fsp3) is 0.318. The maximum Gasteiger partial charge on any atom is 0.230 e. The Morgan fingerprint density at radius 3 is 2.20 bits per heavy atom. The van der Waals surface area contributed by atoms with Crippen molar-refractivity contribution in [2.45, 2.75) is 30.8 Å². The summed E-state index contributed by atoms with van der Waals surface area (Å²) in [6, 6.07) is 19.6. The van der Waals surface area contributed by atoms with E-state index in [1.807, 2.05) is 65.6 Å². The molecule has 3 nitrogen and oxygen atoms in total. The Labute approximate surface area is 149 Å². The summed E-state index contributed by atoms with van der Waals surface area (Å²) in [5, 5.41) is 10.9. The maximum atomic E-state index is 13.0. The smallest absolute Gasteiger partial charge is 0.230 e. The third-order valence-corrected chi connectivity index (χ3v) is 5.12. The average molecular weight is 335 g/mol. The minimum atomic E-state index is -0.835. The fourth-order valence-electron chi connectivity index (χ4n) is 3.59. The molecule has 0 aliphatic carbocycles. The van der Waals surface area contributed by atoms with Gasteiger partial charge in [0.1, 0.15) is 0 Å². The number of piperidine rings is 1. The van der Waals surface area contributed by atoms with Gasteiger partial charge in [0.25, 0.3) is 0 Å². The van der Waals surface area contributed by atoms with Crippen molar-refractivity contribution in [2.24, 2.45) is 0 Å². The molecule has 25 heavy (non-hydrogen) atoms. The molecule has 0 radical (unpaired) electrons. The van der Waals surface area contributed by atoms with Crippen LogP contribution < -0.4 is 0 Å². The predicted octanol–water partition coefficient (Wildman–Crippen LogP) is 3.86. The van der Waals surface area contributed by atoms with Crippen LogP contribution in [0.25, 0.3) is 0 Å². The van der Waals surface area contributed by atoms with Crippen LogP contribution in [-0.4, -0.2) is 29.0 Å². The van der Waals surface area contributed by atoms with Gasteiger partial charge in [0, 0.05) is 13.1 Å². The van der Waals surface area contributed by atoms with Crippen LogP contribution >= 0.6 is 0 Å². The zero-order valence-electron chi connectivity index (χ0n) is 14.5. The van der Waals surface area contributed by atoms with E-state index < -0.39 is 5.60 Å². The monoisotopic (exact) mass is 335 g/mol. The highest BCUT2D eigenvalue weighted by atomic mass is 16.3. The molecule has 0 spiro atoms. The van der Waals surface area contributed by atoms with Crippen molar-refractivity contribution in [3.63, 3.8) is 0 Å². The van der Waals surface area contributed by atoms with Crippen molar-refractivity contribution in [1.29, 1.82) is 0 Å². The molecule has 0 unspecified atom stereocenters. The summed E-state index contributed by atoms with van der Waals surface area (Å²) in [5.74, 6) is -0.0668. The average Bonchev–Trinajstić information content (AvgIpc) is 2.67. The minimum absolute atomic E-state index is 0.126. The molecule has 2 aromatic carbocycles. The molecule has 130 valence electrons. The number of nitrogens with zero attached hydrogens (tertiary/aromatic N) is 1. The quantitative estimate of drug-likeness (QED) is 0.843. The molecule has 1 amide bonds. The molecule has 3 rings (SSSR count). The van der Waals surface area contributed by atoms with E-state index in [4.69, 9.17) is 0 Å². The number of carbonyl (C=O) groups is 1. The number of carbonyl (C=O) groups excluding carboxylic acids is 1. The van der Waals surface area contributed by atoms with Gasteiger partial charge in [-0.25, -0.2) is 0 Å². The summed E-state index contributed by atoms with van der Waals surface area (Å²) in [5.41, 5.74) is 1.13. The molecule has 1 saturated heterocycles. The Kier molecular flexibility index (Phi) is 5.34. The standard InChI is InChI=1S/C22H25NO2/c1-2-9-20(18-10-5-3-6-11-18)21(24)23-16-14-22(25,15-17-23)19-12-7-4-8-13-19/h2-8,10-13,20,25H,1,9,14-17H2/t20-/m0/s1. The highest BCUT2D eigenvalue weighted by Gasteiger charge is 2.36. The van der Waals surface area contributed by atoms with Crippen LogP contribution in [0.3, 0.4) is 0 Å². The third kappa shape index (κ3) is 3.83. The Balaban J connectivity index is 1.71. The number of benzene rings is 2. The second kappa shape index (κ2) is 7.66. The summed E-state index contributed by atoms with van der Waals surface area (Å²) < 4.78 is 0. The normalized spacial score (nSPS) is 17.7. The summed E-state index contributed by atoms with van der Waals surface area (Å²) in [7, 11) is 0. The number of aliphatic hydroxyl groups is 1. The lowest BCUT2D eigenvalue weighted by atomic mass is 9.83. The van der Waals surface area contributed by atoms with Crippen molar-refractivity contribution >= 4 is 5.91 Å². The van der Waals surface area contributed by atoms with Gasteiger partial charge in [-0.15, -0.1) is 6.58 Å². The first-order valence-corrected chi connectivity index (χ1v) is 8.86. The van der Waals surface area contributed by atoms with E-state index >= 15 is 0 Å². The molecule has 0 bridgehead atoms. The topological polar surface area (TPSA) is 40.5 Å². The SMILES string of the molecule is C=CC[C@H](C(=O)N1CCC(O)(c2ccccc2)CC1)c1ccccc1. The third-order valence-electron chi connectivity index (χ3n) is 5.12. The summed E-state index contributed by atoms with van der Waals surface area (Å²) in [4.78, 5) is 14.9. The highest BCUT2D eigenvalue weighted by Crippen LogP contribution is 2.34. The van der Waals surface area contributed by atoms with Crippen LogP contribution in [0.5, 0.6) is 0 Å². The van der Waals surface area contributed by atoms with Gasteiger partial charge in [-0.2, -0.15) is 0 Å². The van der Waals surface area contributed by atoms with Gasteiger partial charge < -0.3 is 10.0 Å². The molecular formula is C22H25NO2. The lowest BCUT2D eigenvalue weighted by Crippen LogP contribution is -2.46. The minimum Gasteiger partial charge on any atom is -0.385 e. The van der Waals surface area contributed by atoms with E-state index in [0.29, 0.717) is 32.4 Å². The molecule has 1 heterocycles. The molecule has 1 fully saturated rings. The second-order valence-corrected chi connectivity index (χ2v) is 6.71. The van der Waals surface area contributed by atoms with Gasteiger partial charge in [0.05, 0.1) is 11.5 Å². The van der Waals surface area contributed by atoms with E-state index in [1.54, 1.807) is 6.08 Å². The lowest BCUT2D eigenvalue weighted by Gasteiger charge is -2.39. The molecule has 1 atom stereocenters. The number of amides is 1. The number of allylic oxidation sites excluding steroid dienone is 1. The first-order valence-electron chi connectivity index (χ1n) is 8.86. The first kappa shape index (κ1) is 17.4. The van der Waals surface area contributed by atoms with Crippen LogP contribution in [0.1, 0.15) is 36.3 Å². The fourth-order valence-corrected chi connectivity index (χ4v) is 3.59. The zero-order valence-corrected chi connectivity index (χ0v) is 14.5. The highest BCUT2D eigenvalue weighted by molar-refractivity contribution is 5.84. The van der Waals surface area contributed by atoms with Gasteiger partial charge in [-0.1, -0.05) is 66.7 Å². The summed E-state index contributed by atoms with van der Waals surface area (Å²) in [6.45, 7) is 4.95. The summed E-state index contributed by atoms with van der Waals surface area (Å²) in [6.07, 6.45) is 3.57. The molecule has 1 N–H and O–H groups in total. The molecule has 1 aliphatic heterocycles. The number of hydrogen-bond donors (Lipinski definition) is 1. The van der Waals surface area contributed by atoms with E-state index in [9.17, 15) is 9.90 Å². The number of rotatable bonds is 5. The molecule has 2 aromatic rings. The second-order valence-electron chi connectivity index (χ2n) is 6.71. The van der Waals surface area contributed by atoms with E-state index in [1.165, 1.54) is 0 Å². The van der Waals surface area contributed by atoms with Crippen molar-refractivity contribution in [1.82, 2.24) is 4.90 Å². The molecular weight excluding hydrogens is 310 g/mol. The predicted molar refractivity (Wildman–Crippen MR) is 100 cm³/mol. The van der Waals surface area contributed by atoms with Crippen LogP contribution in [0.2, 0.25) is 0 Å². The first-order chi connectivity index (χ1) is 12.1. The Hall–Kier alpha value is -2.39. The molecule has 3 heteroatoms. The number of likely N-dealkylation sites (tertiary alicyclic amines) is 1. The maximum absolute atomic E-state index is 13.0.